The molecule has 3 N–H and O–H groups in total. The molecule has 0 saturated heterocycles. The third-order valence-electron chi connectivity index (χ3n) is 3.06. The number of aromatic nitrogens is 2. The Morgan fingerprint density at radius 2 is 1.71 bits per heavy atom. The lowest BCUT2D eigenvalue weighted by molar-refractivity contribution is 0.451. The predicted molar refractivity (Wildman–Crippen MR) is 78.0 cm³/mol. The lowest BCUT2D eigenvalue weighted by atomic mass is 10.2. The monoisotopic (exact) mass is 304 g/mol. The van der Waals surface area contributed by atoms with E-state index in [2.05, 4.69) is 9.97 Å². The molecule has 7 heteroatoms. The lowest BCUT2D eigenvalue weighted by Crippen LogP contribution is -1.96. The number of nitrogens with one attached hydrogen (secondary N) is 1. The van der Waals surface area contributed by atoms with Crippen molar-refractivity contribution in [2.75, 3.05) is 6.26 Å². The molecular weight excluding hydrogens is 292 g/mol. The Labute approximate surface area is 120 Å². The molecule has 21 heavy (non-hydrogen) atoms. The molecule has 108 valence electrons. The van der Waals surface area contributed by atoms with Crippen LogP contribution in [0.25, 0.3) is 22.4 Å². The molecule has 3 aromatic rings. The first-order valence-corrected chi connectivity index (χ1v) is 7.95. The fraction of sp³-hybridized carbons (Fsp3) is 0.0714. The van der Waals surface area contributed by atoms with Crippen LogP contribution >= 0.6 is 0 Å². The summed E-state index contributed by atoms with van der Waals surface area (Å²) in [5.74, 6) is 0.270. The summed E-state index contributed by atoms with van der Waals surface area (Å²) in [4.78, 5) is 7.49. The second kappa shape index (κ2) is 4.49. The van der Waals surface area contributed by atoms with Crippen molar-refractivity contribution < 1.29 is 18.6 Å². The summed E-state index contributed by atoms with van der Waals surface area (Å²) in [6, 6.07) is 8.72. The van der Waals surface area contributed by atoms with Crippen molar-refractivity contribution in [1.29, 1.82) is 0 Å². The van der Waals surface area contributed by atoms with Crippen molar-refractivity contribution in [2.24, 2.45) is 0 Å². The molecule has 0 spiro atoms. The first-order chi connectivity index (χ1) is 9.83. The molecule has 0 amide bonds. The van der Waals surface area contributed by atoms with Crippen LogP contribution in [0.2, 0.25) is 0 Å². The molecule has 0 radical (unpaired) electrons. The predicted octanol–water partition coefficient (Wildman–Crippen LogP) is 2.04. The van der Waals surface area contributed by atoms with Gasteiger partial charge in [-0.15, -0.1) is 0 Å². The lowest BCUT2D eigenvalue weighted by Gasteiger charge is -1.99. The fourth-order valence-corrected chi connectivity index (χ4v) is 2.74. The first-order valence-electron chi connectivity index (χ1n) is 6.06. The van der Waals surface area contributed by atoms with Crippen LogP contribution in [0.15, 0.2) is 41.3 Å². The van der Waals surface area contributed by atoms with Crippen LogP contribution in [-0.2, 0) is 9.84 Å². The molecule has 1 aromatic heterocycles. The minimum absolute atomic E-state index is 0.0812. The van der Waals surface area contributed by atoms with E-state index < -0.39 is 9.84 Å². The molecule has 6 nitrogen and oxygen atoms in total. The zero-order valence-electron chi connectivity index (χ0n) is 11.0. The highest BCUT2D eigenvalue weighted by molar-refractivity contribution is 7.90. The smallest absolute Gasteiger partial charge is 0.175 e. The van der Waals surface area contributed by atoms with E-state index in [-0.39, 0.29) is 16.4 Å². The van der Waals surface area contributed by atoms with Gasteiger partial charge in [-0.1, -0.05) is 0 Å². The Kier molecular flexibility index (Phi) is 2.87. The molecular formula is C14H12N2O4S. The third-order valence-corrected chi connectivity index (χ3v) is 4.17. The molecule has 0 fully saturated rings. The second-order valence-electron chi connectivity index (χ2n) is 4.77. The van der Waals surface area contributed by atoms with Crippen LogP contribution in [0, 0.1) is 0 Å². The van der Waals surface area contributed by atoms with Crippen molar-refractivity contribution in [3.05, 3.63) is 36.4 Å². The Hall–Kier alpha value is -2.54. The van der Waals surface area contributed by atoms with Gasteiger partial charge in [-0.2, -0.15) is 0 Å². The van der Waals surface area contributed by atoms with Crippen LogP contribution in [-0.4, -0.2) is 34.9 Å². The SMILES string of the molecule is CS(=O)(=O)c1ccc2nc(-c3cc(O)cc(O)c3)[nH]c2c1. The molecule has 0 saturated carbocycles. The van der Waals surface area contributed by atoms with Gasteiger partial charge in [-0.05, 0) is 30.3 Å². The van der Waals surface area contributed by atoms with E-state index in [1.165, 1.54) is 30.3 Å². The van der Waals surface area contributed by atoms with Crippen LogP contribution in [0.1, 0.15) is 0 Å². The van der Waals surface area contributed by atoms with Gasteiger partial charge in [0.15, 0.2) is 9.84 Å². The molecule has 2 aromatic carbocycles. The van der Waals surface area contributed by atoms with Crippen molar-refractivity contribution in [2.45, 2.75) is 4.90 Å². The number of rotatable bonds is 2. The van der Waals surface area contributed by atoms with Crippen LogP contribution in [0.5, 0.6) is 11.5 Å². The van der Waals surface area contributed by atoms with Gasteiger partial charge in [0.1, 0.15) is 17.3 Å². The number of H-pyrrole nitrogens is 1. The van der Waals surface area contributed by atoms with Gasteiger partial charge in [0.05, 0.1) is 15.9 Å². The number of hydrogen-bond donors (Lipinski definition) is 3. The number of phenols is 2. The van der Waals surface area contributed by atoms with Gasteiger partial charge in [0.2, 0.25) is 0 Å². The van der Waals surface area contributed by atoms with Crippen LogP contribution in [0.4, 0.5) is 0 Å². The van der Waals surface area contributed by atoms with Gasteiger partial charge in [-0.25, -0.2) is 13.4 Å². The topological polar surface area (TPSA) is 103 Å². The van der Waals surface area contributed by atoms with Gasteiger partial charge < -0.3 is 15.2 Å². The van der Waals surface area contributed by atoms with E-state index in [1.54, 1.807) is 6.07 Å². The van der Waals surface area contributed by atoms with Gasteiger partial charge in [-0.3, -0.25) is 0 Å². The Bertz CT molecular complexity index is 925. The van der Waals surface area contributed by atoms with Crippen LogP contribution in [0.3, 0.4) is 0 Å². The van der Waals surface area contributed by atoms with E-state index in [0.29, 0.717) is 22.4 Å². The van der Waals surface area contributed by atoms with E-state index in [0.717, 1.165) is 6.26 Å². The molecule has 0 aliphatic heterocycles. The van der Waals surface area contributed by atoms with E-state index in [1.807, 2.05) is 0 Å². The van der Waals surface area contributed by atoms with Crippen LogP contribution < -0.4 is 0 Å². The van der Waals surface area contributed by atoms with E-state index in [9.17, 15) is 18.6 Å². The first kappa shape index (κ1) is 13.4. The summed E-state index contributed by atoms with van der Waals surface area (Å²) in [6.07, 6.45) is 1.14. The van der Waals surface area contributed by atoms with Gasteiger partial charge in [0.25, 0.3) is 0 Å². The third kappa shape index (κ3) is 2.55. The highest BCUT2D eigenvalue weighted by atomic mass is 32.2. The number of aromatic hydroxyl groups is 2. The molecule has 0 aliphatic carbocycles. The molecule has 3 rings (SSSR count). The highest BCUT2D eigenvalue weighted by Gasteiger charge is 2.12. The maximum absolute atomic E-state index is 11.5. The average Bonchev–Trinajstić information content (AvgIpc) is 2.79. The number of hydrogen-bond acceptors (Lipinski definition) is 5. The Morgan fingerprint density at radius 3 is 2.33 bits per heavy atom. The van der Waals surface area contributed by atoms with Crippen molar-refractivity contribution >= 4 is 20.9 Å². The van der Waals surface area contributed by atoms with Crippen molar-refractivity contribution in [3.8, 4) is 22.9 Å². The minimum Gasteiger partial charge on any atom is -0.508 e. The summed E-state index contributed by atoms with van der Waals surface area (Å²) in [6.45, 7) is 0. The maximum Gasteiger partial charge on any atom is 0.175 e. The van der Waals surface area contributed by atoms with E-state index >= 15 is 0 Å². The minimum atomic E-state index is -3.29. The van der Waals surface area contributed by atoms with E-state index in [4.69, 9.17) is 0 Å². The number of nitrogens with zero attached hydrogens (tertiary/aromatic N) is 1. The van der Waals surface area contributed by atoms with Gasteiger partial charge in [0, 0.05) is 17.9 Å². The second-order valence-corrected chi connectivity index (χ2v) is 6.79. The zero-order valence-corrected chi connectivity index (χ0v) is 11.8. The number of fused-ring (bicyclic) bond motifs is 1. The quantitative estimate of drug-likeness (QED) is 0.672. The van der Waals surface area contributed by atoms with Crippen molar-refractivity contribution in [3.63, 3.8) is 0 Å². The van der Waals surface area contributed by atoms with Crippen molar-refractivity contribution in [1.82, 2.24) is 9.97 Å². The summed E-state index contributed by atoms with van der Waals surface area (Å²) < 4.78 is 23.1. The Morgan fingerprint density at radius 1 is 1.05 bits per heavy atom. The number of phenolic OH excluding ortho intramolecular Hbond substituents is 2. The number of aromatic amines is 1. The van der Waals surface area contributed by atoms with Gasteiger partial charge >= 0.3 is 0 Å². The fourth-order valence-electron chi connectivity index (χ4n) is 2.09. The maximum atomic E-state index is 11.5. The zero-order chi connectivity index (χ0) is 15.2. The summed E-state index contributed by atoms with van der Waals surface area (Å²) >= 11 is 0. The highest BCUT2D eigenvalue weighted by Crippen LogP contribution is 2.28. The molecule has 0 bridgehead atoms. The number of sulfone groups is 1. The number of imidazole rings is 1. The summed E-state index contributed by atoms with van der Waals surface area (Å²) in [7, 11) is -3.29. The average molecular weight is 304 g/mol. The largest absolute Gasteiger partial charge is 0.508 e. The summed E-state index contributed by atoms with van der Waals surface area (Å²) in [5, 5.41) is 19.0. The molecule has 0 unspecified atom stereocenters. The molecule has 0 atom stereocenters. The molecule has 0 aliphatic rings. The Balaban J connectivity index is 2.17. The summed E-state index contributed by atoms with van der Waals surface area (Å²) in [5.41, 5.74) is 1.67. The number of benzene rings is 2. The normalized spacial score (nSPS) is 11.9. The molecule has 1 heterocycles. The standard InChI is InChI=1S/C14H12N2O4S/c1-21(19,20)11-2-3-12-13(7-11)16-14(15-12)8-4-9(17)6-10(18)5-8/h2-7,17-18H,1H3,(H,15,16).